The minimum absolute atomic E-state index is 0.000840. The first-order chi connectivity index (χ1) is 12.4. The summed E-state index contributed by atoms with van der Waals surface area (Å²) in [6.07, 6.45) is 6.07. The van der Waals surface area contributed by atoms with E-state index in [0.29, 0.717) is 22.2 Å². The molecule has 0 bridgehead atoms. The number of para-hydroxylation sites is 1. The molecule has 4 rings (SSSR count). The van der Waals surface area contributed by atoms with E-state index in [0.717, 1.165) is 11.8 Å². The van der Waals surface area contributed by atoms with Crippen LogP contribution in [0.1, 0.15) is 21.3 Å². The van der Waals surface area contributed by atoms with Gasteiger partial charge in [-0.1, -0.05) is 24.3 Å². The summed E-state index contributed by atoms with van der Waals surface area (Å²) in [7, 11) is -3.49. The second-order valence-electron chi connectivity index (χ2n) is 6.20. The molecule has 3 heterocycles. The molecular weight excluding hydrogens is 370 g/mol. The fourth-order valence-corrected chi connectivity index (χ4v) is 5.19. The van der Waals surface area contributed by atoms with Crippen molar-refractivity contribution in [3.05, 3.63) is 66.1 Å². The van der Waals surface area contributed by atoms with Crippen LogP contribution in [0.3, 0.4) is 0 Å². The first-order valence-corrected chi connectivity index (χ1v) is 11.0. The number of ketones is 1. The Labute approximate surface area is 155 Å². The van der Waals surface area contributed by atoms with Gasteiger partial charge in [-0.25, -0.2) is 12.4 Å². The molecule has 0 amide bonds. The molecule has 2 unspecified atom stereocenters. The molecule has 8 heteroatoms. The third-order valence-electron chi connectivity index (χ3n) is 4.39. The standard InChI is InChI=1S/C18H17N3O3S2/c1-26(23,24)21-10-14(13-6-2-3-7-16(13)21)17(22)15-11-25-18(20-15)12-5-4-8-19-9-12/h2-10,15,18,20H,11H2,1H3. The lowest BCUT2D eigenvalue weighted by Gasteiger charge is -2.12. The zero-order valence-electron chi connectivity index (χ0n) is 14.0. The lowest BCUT2D eigenvalue weighted by Crippen LogP contribution is -2.34. The van der Waals surface area contributed by atoms with E-state index in [1.807, 2.05) is 12.1 Å². The van der Waals surface area contributed by atoms with Crippen LogP contribution in [0, 0.1) is 0 Å². The zero-order chi connectivity index (χ0) is 18.3. The highest BCUT2D eigenvalue weighted by Gasteiger charge is 2.33. The number of carbonyl (C=O) groups excluding carboxylic acids is 1. The SMILES string of the molecule is CS(=O)(=O)n1cc(C(=O)C2CSC(c3cccnc3)N2)c2ccccc21. The summed E-state index contributed by atoms with van der Waals surface area (Å²) in [5.41, 5.74) is 1.97. The van der Waals surface area contributed by atoms with Crippen molar-refractivity contribution in [2.24, 2.45) is 0 Å². The number of thioether (sulfide) groups is 1. The molecule has 26 heavy (non-hydrogen) atoms. The van der Waals surface area contributed by atoms with E-state index in [-0.39, 0.29) is 17.2 Å². The highest BCUT2D eigenvalue weighted by Crippen LogP contribution is 2.34. The van der Waals surface area contributed by atoms with Crippen LogP contribution < -0.4 is 5.32 Å². The smallest absolute Gasteiger partial charge is 0.236 e. The molecule has 2 atom stereocenters. The van der Waals surface area contributed by atoms with Gasteiger partial charge in [-0.2, -0.15) is 0 Å². The summed E-state index contributed by atoms with van der Waals surface area (Å²) >= 11 is 1.65. The van der Waals surface area contributed by atoms with Crippen molar-refractivity contribution >= 4 is 38.5 Å². The van der Waals surface area contributed by atoms with Crippen LogP contribution >= 0.6 is 11.8 Å². The number of hydrogen-bond donors (Lipinski definition) is 1. The molecule has 1 N–H and O–H groups in total. The number of benzene rings is 1. The van der Waals surface area contributed by atoms with Crippen molar-refractivity contribution in [1.29, 1.82) is 0 Å². The van der Waals surface area contributed by atoms with Gasteiger partial charge >= 0.3 is 0 Å². The van der Waals surface area contributed by atoms with Gasteiger partial charge < -0.3 is 0 Å². The van der Waals surface area contributed by atoms with Crippen molar-refractivity contribution in [2.75, 3.05) is 12.0 Å². The fraction of sp³-hybridized carbons (Fsp3) is 0.222. The quantitative estimate of drug-likeness (QED) is 0.693. The molecule has 1 saturated heterocycles. The molecule has 134 valence electrons. The number of rotatable bonds is 4. The molecule has 0 aliphatic carbocycles. The Balaban J connectivity index is 1.67. The third-order valence-corrected chi connectivity index (χ3v) is 6.67. The van der Waals surface area contributed by atoms with Gasteiger partial charge in [0.05, 0.1) is 23.2 Å². The Morgan fingerprint density at radius 2 is 2.08 bits per heavy atom. The summed E-state index contributed by atoms with van der Waals surface area (Å²) in [6, 6.07) is 10.5. The van der Waals surface area contributed by atoms with Gasteiger partial charge in [0, 0.05) is 35.3 Å². The van der Waals surface area contributed by atoms with Gasteiger partial charge in [0.1, 0.15) is 0 Å². The van der Waals surface area contributed by atoms with Crippen molar-refractivity contribution in [2.45, 2.75) is 11.4 Å². The minimum atomic E-state index is -3.49. The second kappa shape index (κ2) is 6.53. The van der Waals surface area contributed by atoms with E-state index >= 15 is 0 Å². The van der Waals surface area contributed by atoms with Crippen LogP contribution in [0.15, 0.2) is 55.0 Å². The van der Waals surface area contributed by atoms with Crippen molar-refractivity contribution in [1.82, 2.24) is 14.3 Å². The van der Waals surface area contributed by atoms with Gasteiger partial charge in [-0.05, 0) is 17.7 Å². The minimum Gasteiger partial charge on any atom is -0.292 e. The maximum atomic E-state index is 13.1. The van der Waals surface area contributed by atoms with Crippen molar-refractivity contribution < 1.29 is 13.2 Å². The van der Waals surface area contributed by atoms with Crippen LogP contribution in [0.25, 0.3) is 10.9 Å². The first-order valence-electron chi connectivity index (χ1n) is 8.07. The molecule has 0 saturated carbocycles. The van der Waals surface area contributed by atoms with Crippen LogP contribution in [-0.2, 0) is 10.0 Å². The van der Waals surface area contributed by atoms with E-state index in [9.17, 15) is 13.2 Å². The molecule has 0 radical (unpaired) electrons. The molecule has 1 aliphatic heterocycles. The van der Waals surface area contributed by atoms with Gasteiger partial charge in [0.25, 0.3) is 0 Å². The highest BCUT2D eigenvalue weighted by atomic mass is 32.2. The molecule has 1 aromatic carbocycles. The summed E-state index contributed by atoms with van der Waals surface area (Å²) < 4.78 is 25.3. The lowest BCUT2D eigenvalue weighted by atomic mass is 10.0. The number of pyridine rings is 1. The Bertz CT molecular complexity index is 1080. The molecular formula is C18H17N3O3S2. The molecule has 3 aromatic rings. The first kappa shape index (κ1) is 17.3. The number of hydrogen-bond acceptors (Lipinski definition) is 6. The zero-order valence-corrected chi connectivity index (χ0v) is 15.6. The molecule has 6 nitrogen and oxygen atoms in total. The predicted molar refractivity (Wildman–Crippen MR) is 103 cm³/mol. The summed E-state index contributed by atoms with van der Waals surface area (Å²) in [5, 5.41) is 3.99. The second-order valence-corrected chi connectivity index (χ2v) is 9.20. The van der Waals surface area contributed by atoms with E-state index in [2.05, 4.69) is 10.3 Å². The van der Waals surface area contributed by atoms with Gasteiger partial charge in [0.15, 0.2) is 5.78 Å². The summed E-state index contributed by atoms with van der Waals surface area (Å²) in [5.74, 6) is 0.527. The van der Waals surface area contributed by atoms with Gasteiger partial charge in [0.2, 0.25) is 10.0 Å². The summed E-state index contributed by atoms with van der Waals surface area (Å²) in [6.45, 7) is 0. The van der Waals surface area contributed by atoms with Crippen LogP contribution in [0.5, 0.6) is 0 Å². The van der Waals surface area contributed by atoms with Gasteiger partial charge in [-0.15, -0.1) is 11.8 Å². The maximum Gasteiger partial charge on any atom is 0.236 e. The number of aromatic nitrogens is 2. The van der Waals surface area contributed by atoms with E-state index in [1.54, 1.807) is 48.4 Å². The van der Waals surface area contributed by atoms with Gasteiger partial charge in [-0.3, -0.25) is 15.1 Å². The largest absolute Gasteiger partial charge is 0.292 e. The predicted octanol–water partition coefficient (Wildman–Crippen LogP) is 2.43. The normalized spacial score (nSPS) is 20.5. The van der Waals surface area contributed by atoms with Crippen LogP contribution in [-0.4, -0.2) is 41.2 Å². The average Bonchev–Trinajstić information content (AvgIpc) is 3.27. The van der Waals surface area contributed by atoms with E-state index < -0.39 is 10.0 Å². The molecule has 1 fully saturated rings. The molecule has 1 aliphatic rings. The number of nitrogens with zero attached hydrogens (tertiary/aromatic N) is 2. The molecule has 0 spiro atoms. The number of Topliss-reactive ketones (excluding diaryl/α,β-unsaturated/α-hetero) is 1. The third kappa shape index (κ3) is 3.04. The number of carbonyl (C=O) groups is 1. The molecule has 2 aromatic heterocycles. The lowest BCUT2D eigenvalue weighted by molar-refractivity contribution is 0.0957. The van der Waals surface area contributed by atoms with E-state index in [1.165, 1.54) is 10.2 Å². The van der Waals surface area contributed by atoms with E-state index in [4.69, 9.17) is 0 Å². The monoisotopic (exact) mass is 387 g/mol. The van der Waals surface area contributed by atoms with Crippen LogP contribution in [0.4, 0.5) is 0 Å². The number of nitrogens with one attached hydrogen (secondary N) is 1. The maximum absolute atomic E-state index is 13.1. The Kier molecular flexibility index (Phi) is 4.34. The van der Waals surface area contributed by atoms with Crippen molar-refractivity contribution in [3.8, 4) is 0 Å². The fourth-order valence-electron chi connectivity index (χ4n) is 3.15. The highest BCUT2D eigenvalue weighted by molar-refractivity contribution is 7.99. The Morgan fingerprint density at radius 3 is 2.81 bits per heavy atom. The average molecular weight is 387 g/mol. The van der Waals surface area contributed by atoms with Crippen molar-refractivity contribution in [3.63, 3.8) is 0 Å². The Hall–Kier alpha value is -2.16. The Morgan fingerprint density at radius 1 is 1.27 bits per heavy atom. The summed E-state index contributed by atoms with van der Waals surface area (Å²) in [4.78, 5) is 17.2. The topological polar surface area (TPSA) is 81.1 Å². The van der Waals surface area contributed by atoms with Crippen LogP contribution in [0.2, 0.25) is 0 Å². The number of fused-ring (bicyclic) bond motifs is 1.